The van der Waals surface area contributed by atoms with E-state index in [4.69, 9.17) is 5.84 Å². The van der Waals surface area contributed by atoms with Crippen molar-refractivity contribution in [3.8, 4) is 0 Å². The number of rotatable bonds is 4. The second-order valence-electron chi connectivity index (χ2n) is 4.32. The molecule has 0 aromatic heterocycles. The molecule has 0 spiro atoms. The molecule has 5 heteroatoms. The molecule has 0 saturated heterocycles. The first kappa shape index (κ1) is 14.0. The largest absolute Gasteiger partial charge is 0.390 e. The Morgan fingerprint density at radius 1 is 1.29 bits per heavy atom. The fourth-order valence-electron chi connectivity index (χ4n) is 1.76. The molecular formula is C12H17F3N2. The maximum Gasteiger partial charge on any atom is 0.390 e. The Kier molecular flexibility index (Phi) is 4.54. The third-order valence-electron chi connectivity index (χ3n) is 2.68. The maximum absolute atomic E-state index is 12.3. The first-order valence-corrected chi connectivity index (χ1v) is 5.41. The van der Waals surface area contributed by atoms with E-state index < -0.39 is 18.6 Å². The van der Waals surface area contributed by atoms with E-state index >= 15 is 0 Å². The van der Waals surface area contributed by atoms with E-state index in [9.17, 15) is 13.2 Å². The summed E-state index contributed by atoms with van der Waals surface area (Å²) in [5, 5.41) is 0. The van der Waals surface area contributed by atoms with Crippen LogP contribution in [-0.2, 0) is 6.42 Å². The van der Waals surface area contributed by atoms with Crippen LogP contribution in [0.1, 0.15) is 23.1 Å². The molecule has 0 aliphatic rings. The molecule has 0 fully saturated rings. The second kappa shape index (κ2) is 5.51. The quantitative estimate of drug-likeness (QED) is 0.633. The van der Waals surface area contributed by atoms with E-state index in [0.29, 0.717) is 0 Å². The zero-order valence-corrected chi connectivity index (χ0v) is 9.93. The van der Waals surface area contributed by atoms with E-state index in [1.165, 1.54) is 0 Å². The van der Waals surface area contributed by atoms with Crippen LogP contribution in [0.15, 0.2) is 18.2 Å². The summed E-state index contributed by atoms with van der Waals surface area (Å²) in [5.74, 6) is 5.17. The Balaban J connectivity index is 2.77. The third kappa shape index (κ3) is 4.75. The van der Waals surface area contributed by atoms with Crippen molar-refractivity contribution >= 4 is 0 Å². The third-order valence-corrected chi connectivity index (χ3v) is 2.68. The highest BCUT2D eigenvalue weighted by Gasteiger charge is 2.31. The lowest BCUT2D eigenvalue weighted by atomic mass is 9.97. The van der Waals surface area contributed by atoms with Crippen molar-refractivity contribution in [2.24, 2.45) is 5.84 Å². The van der Waals surface area contributed by atoms with E-state index in [-0.39, 0.29) is 6.42 Å². The van der Waals surface area contributed by atoms with Crippen LogP contribution in [0.5, 0.6) is 0 Å². The van der Waals surface area contributed by atoms with Gasteiger partial charge in [0.2, 0.25) is 0 Å². The number of hydrogen-bond donors (Lipinski definition) is 2. The number of aryl methyl sites for hydroxylation is 2. The number of hydrogen-bond acceptors (Lipinski definition) is 2. The molecule has 1 rings (SSSR count). The minimum absolute atomic E-state index is 0.281. The predicted octanol–water partition coefficient (Wildman–Crippen LogP) is 2.63. The minimum Gasteiger partial charge on any atom is -0.271 e. The average Bonchev–Trinajstić information content (AvgIpc) is 2.20. The molecule has 1 unspecified atom stereocenters. The number of nitrogens with one attached hydrogen (secondary N) is 1. The molecule has 3 N–H and O–H groups in total. The topological polar surface area (TPSA) is 38.0 Å². The molecule has 17 heavy (non-hydrogen) atoms. The van der Waals surface area contributed by atoms with Crippen LogP contribution in [0.25, 0.3) is 0 Å². The molecule has 0 heterocycles. The molecule has 1 aromatic rings. The molecule has 0 bridgehead atoms. The van der Waals surface area contributed by atoms with Gasteiger partial charge in [0.15, 0.2) is 0 Å². The van der Waals surface area contributed by atoms with Gasteiger partial charge < -0.3 is 0 Å². The van der Waals surface area contributed by atoms with Gasteiger partial charge in [0.25, 0.3) is 0 Å². The average molecular weight is 246 g/mol. The fraction of sp³-hybridized carbons (Fsp3) is 0.500. The summed E-state index contributed by atoms with van der Waals surface area (Å²) in [6.45, 7) is 3.80. The van der Waals surface area contributed by atoms with Gasteiger partial charge in [-0.25, -0.2) is 0 Å². The van der Waals surface area contributed by atoms with Crippen LogP contribution < -0.4 is 11.3 Å². The molecule has 1 aromatic carbocycles. The lowest BCUT2D eigenvalue weighted by Gasteiger charge is -2.19. The molecule has 1 atom stereocenters. The fourth-order valence-corrected chi connectivity index (χ4v) is 1.76. The van der Waals surface area contributed by atoms with E-state index in [0.717, 1.165) is 16.7 Å². The Bertz CT molecular complexity index is 375. The number of alkyl halides is 3. The Morgan fingerprint density at radius 2 is 1.94 bits per heavy atom. The van der Waals surface area contributed by atoms with Gasteiger partial charge in [0.1, 0.15) is 0 Å². The van der Waals surface area contributed by atoms with Crippen molar-refractivity contribution in [2.75, 3.05) is 0 Å². The number of hydrazine groups is 1. The maximum atomic E-state index is 12.3. The zero-order valence-electron chi connectivity index (χ0n) is 9.93. The summed E-state index contributed by atoms with van der Waals surface area (Å²) in [6.07, 6.45) is -4.84. The molecule has 0 aliphatic carbocycles. The van der Waals surface area contributed by atoms with Gasteiger partial charge in [-0.15, -0.1) is 0 Å². The summed E-state index contributed by atoms with van der Waals surface area (Å²) in [5.41, 5.74) is 5.15. The monoisotopic (exact) mass is 246 g/mol. The predicted molar refractivity (Wildman–Crippen MR) is 61.4 cm³/mol. The SMILES string of the molecule is Cc1ccc(C)c(CC(CC(F)(F)F)NN)c1. The molecule has 0 amide bonds. The van der Waals surface area contributed by atoms with Crippen LogP contribution >= 0.6 is 0 Å². The van der Waals surface area contributed by atoms with Gasteiger partial charge in [-0.3, -0.25) is 11.3 Å². The Hall–Kier alpha value is -1.07. The molecule has 0 aliphatic heterocycles. The van der Waals surface area contributed by atoms with Crippen LogP contribution in [0.4, 0.5) is 13.2 Å². The van der Waals surface area contributed by atoms with Gasteiger partial charge in [-0.05, 0) is 31.4 Å². The summed E-state index contributed by atoms with van der Waals surface area (Å²) in [6, 6.07) is 4.96. The van der Waals surface area contributed by atoms with Crippen LogP contribution in [0, 0.1) is 13.8 Å². The van der Waals surface area contributed by atoms with Crippen molar-refractivity contribution in [3.63, 3.8) is 0 Å². The van der Waals surface area contributed by atoms with Gasteiger partial charge in [0, 0.05) is 6.04 Å². The molecule has 0 radical (unpaired) electrons. The van der Waals surface area contributed by atoms with Crippen LogP contribution in [0.2, 0.25) is 0 Å². The highest BCUT2D eigenvalue weighted by atomic mass is 19.4. The highest BCUT2D eigenvalue weighted by Crippen LogP contribution is 2.23. The van der Waals surface area contributed by atoms with Crippen LogP contribution in [-0.4, -0.2) is 12.2 Å². The van der Waals surface area contributed by atoms with E-state index in [2.05, 4.69) is 5.43 Å². The zero-order chi connectivity index (χ0) is 13.1. The highest BCUT2D eigenvalue weighted by molar-refractivity contribution is 5.31. The first-order chi connectivity index (χ1) is 7.81. The number of benzene rings is 1. The van der Waals surface area contributed by atoms with E-state index in [1.54, 1.807) is 0 Å². The number of halogens is 3. The minimum atomic E-state index is -4.20. The van der Waals surface area contributed by atoms with Crippen molar-refractivity contribution < 1.29 is 13.2 Å². The summed E-state index contributed by atoms with van der Waals surface area (Å²) >= 11 is 0. The number of nitrogens with two attached hydrogens (primary N) is 1. The molecular weight excluding hydrogens is 229 g/mol. The van der Waals surface area contributed by atoms with Crippen molar-refractivity contribution in [3.05, 3.63) is 34.9 Å². The van der Waals surface area contributed by atoms with Crippen LogP contribution in [0.3, 0.4) is 0 Å². The molecule has 96 valence electrons. The Morgan fingerprint density at radius 3 is 2.47 bits per heavy atom. The van der Waals surface area contributed by atoms with Gasteiger partial charge in [0.05, 0.1) is 6.42 Å². The van der Waals surface area contributed by atoms with Gasteiger partial charge in [-0.2, -0.15) is 13.2 Å². The van der Waals surface area contributed by atoms with E-state index in [1.807, 2.05) is 32.0 Å². The first-order valence-electron chi connectivity index (χ1n) is 5.41. The van der Waals surface area contributed by atoms with Crippen molar-refractivity contribution in [1.29, 1.82) is 0 Å². The van der Waals surface area contributed by atoms with Gasteiger partial charge >= 0.3 is 6.18 Å². The van der Waals surface area contributed by atoms with Crippen molar-refractivity contribution in [1.82, 2.24) is 5.43 Å². The molecule has 0 saturated carbocycles. The lowest BCUT2D eigenvalue weighted by Crippen LogP contribution is -2.40. The standard InChI is InChI=1S/C12H17F3N2/c1-8-3-4-9(2)10(5-8)6-11(17-16)7-12(13,14)15/h3-5,11,17H,6-7,16H2,1-2H3. The summed E-state index contributed by atoms with van der Waals surface area (Å²) in [4.78, 5) is 0. The summed E-state index contributed by atoms with van der Waals surface area (Å²) < 4.78 is 36.8. The molecule has 2 nitrogen and oxygen atoms in total. The van der Waals surface area contributed by atoms with Crippen molar-refractivity contribution in [2.45, 2.75) is 38.9 Å². The lowest BCUT2D eigenvalue weighted by molar-refractivity contribution is -0.140. The smallest absolute Gasteiger partial charge is 0.271 e. The summed E-state index contributed by atoms with van der Waals surface area (Å²) in [7, 11) is 0. The normalized spacial score (nSPS) is 13.8. The second-order valence-corrected chi connectivity index (χ2v) is 4.32. The Labute approximate surface area is 99.0 Å². The van der Waals surface area contributed by atoms with Gasteiger partial charge in [-0.1, -0.05) is 23.8 Å².